The number of nitrogens with one attached hydrogen (secondary N) is 2. The number of rotatable bonds is 7. The van der Waals surface area contributed by atoms with Gasteiger partial charge in [0.1, 0.15) is 36.1 Å². The summed E-state index contributed by atoms with van der Waals surface area (Å²) in [5.74, 6) is 1.83. The number of alkyl carbamates (subject to hydrolysis) is 1. The highest BCUT2D eigenvalue weighted by Crippen LogP contribution is 2.39. The molecule has 1 atom stereocenters. The average molecular weight is 458 g/mol. The van der Waals surface area contributed by atoms with E-state index in [-0.39, 0.29) is 11.9 Å². The quantitative estimate of drug-likeness (QED) is 0.532. The fraction of sp³-hybridized carbons (Fsp3) is 0.458. The molecule has 2 aromatic rings. The second kappa shape index (κ2) is 9.97. The summed E-state index contributed by atoms with van der Waals surface area (Å²) < 4.78 is 17.2. The lowest BCUT2D eigenvalue weighted by atomic mass is 9.97. The van der Waals surface area contributed by atoms with Crippen LogP contribution in [-0.4, -0.2) is 40.5 Å². The second-order valence-electron chi connectivity index (χ2n) is 9.39. The fourth-order valence-corrected chi connectivity index (χ4v) is 3.55. The maximum Gasteiger partial charge on any atom is 0.410 e. The molecule has 0 fully saturated rings. The highest BCUT2D eigenvalue weighted by molar-refractivity contribution is 5.84. The van der Waals surface area contributed by atoms with Gasteiger partial charge in [-0.25, -0.2) is 14.6 Å². The molecule has 1 aromatic carbocycles. The molecule has 0 aliphatic carbocycles. The second-order valence-corrected chi connectivity index (χ2v) is 9.39. The van der Waals surface area contributed by atoms with Crippen molar-refractivity contribution in [2.45, 2.75) is 59.3 Å². The highest BCUT2D eigenvalue weighted by Gasteiger charge is 2.22. The van der Waals surface area contributed by atoms with Crippen molar-refractivity contribution in [3.63, 3.8) is 0 Å². The van der Waals surface area contributed by atoms with Gasteiger partial charge in [0.15, 0.2) is 0 Å². The molecule has 3 N–H and O–H groups in total. The molecular weight excluding hydrogens is 426 g/mol. The van der Waals surface area contributed by atoms with Crippen LogP contribution in [0, 0.1) is 5.92 Å². The Bertz CT molecular complexity index is 1020. The molecule has 178 valence electrons. The minimum atomic E-state index is -1.18. The van der Waals surface area contributed by atoms with E-state index in [4.69, 9.17) is 19.3 Å². The molecule has 2 amide bonds. The van der Waals surface area contributed by atoms with Crippen molar-refractivity contribution in [3.8, 4) is 22.6 Å². The first kappa shape index (κ1) is 24.2. The molecule has 9 nitrogen and oxygen atoms in total. The summed E-state index contributed by atoms with van der Waals surface area (Å²) in [5, 5.41) is 14.1. The molecule has 3 rings (SSSR count). The van der Waals surface area contributed by atoms with Gasteiger partial charge in [0, 0.05) is 11.1 Å². The Kier molecular flexibility index (Phi) is 7.30. The molecule has 0 saturated carbocycles. The molecular formula is C24H31N3O6. The van der Waals surface area contributed by atoms with E-state index >= 15 is 0 Å². The molecule has 2 heterocycles. The number of carbonyl (C=O) groups is 2. The fourth-order valence-electron chi connectivity index (χ4n) is 3.55. The van der Waals surface area contributed by atoms with Crippen molar-refractivity contribution in [1.29, 1.82) is 0 Å². The summed E-state index contributed by atoms with van der Waals surface area (Å²) in [4.78, 5) is 27.2. The van der Waals surface area contributed by atoms with Crippen molar-refractivity contribution in [3.05, 3.63) is 36.0 Å². The van der Waals surface area contributed by atoms with Crippen molar-refractivity contribution in [2.75, 3.05) is 11.9 Å². The Morgan fingerprint density at radius 3 is 2.64 bits per heavy atom. The van der Waals surface area contributed by atoms with Crippen LogP contribution in [0.25, 0.3) is 11.1 Å². The van der Waals surface area contributed by atoms with E-state index in [1.165, 1.54) is 6.20 Å². The normalized spacial score (nSPS) is 13.3. The Morgan fingerprint density at radius 1 is 1.21 bits per heavy atom. The molecule has 0 bridgehead atoms. The van der Waals surface area contributed by atoms with Crippen LogP contribution < -0.4 is 20.1 Å². The number of fused-ring (bicyclic) bond motifs is 3. The van der Waals surface area contributed by atoms with E-state index in [9.17, 15) is 9.59 Å². The molecule has 0 saturated heterocycles. The Morgan fingerprint density at radius 2 is 1.97 bits per heavy atom. The smallest absolute Gasteiger partial charge is 0.410 e. The summed E-state index contributed by atoms with van der Waals surface area (Å²) in [6, 6.07) is 7.09. The van der Waals surface area contributed by atoms with E-state index in [0.717, 1.165) is 23.1 Å². The third-order valence-corrected chi connectivity index (χ3v) is 4.78. The zero-order valence-corrected chi connectivity index (χ0v) is 19.6. The molecule has 1 unspecified atom stereocenters. The maximum atomic E-state index is 12.2. The van der Waals surface area contributed by atoms with Crippen molar-refractivity contribution < 1.29 is 28.9 Å². The maximum absolute atomic E-state index is 12.2. The molecule has 1 aliphatic heterocycles. The lowest BCUT2D eigenvalue weighted by Gasteiger charge is -2.25. The van der Waals surface area contributed by atoms with Gasteiger partial charge in [0.2, 0.25) is 0 Å². The summed E-state index contributed by atoms with van der Waals surface area (Å²) >= 11 is 0. The van der Waals surface area contributed by atoms with Crippen LogP contribution in [0.1, 0.15) is 46.6 Å². The van der Waals surface area contributed by atoms with E-state index in [2.05, 4.69) is 29.5 Å². The number of nitrogens with zero attached hydrogens (tertiary/aromatic N) is 1. The van der Waals surface area contributed by atoms with Gasteiger partial charge in [-0.2, -0.15) is 0 Å². The van der Waals surface area contributed by atoms with Crippen LogP contribution in [-0.2, 0) is 11.3 Å². The SMILES string of the molecule is CC(C)CC(COc1ccc2c(c1)COc1cnc(NC(=O)O)cc1-2)NC(=O)OC(C)(C)C. The zero-order valence-electron chi connectivity index (χ0n) is 19.6. The van der Waals surface area contributed by atoms with E-state index in [1.54, 1.807) is 6.07 Å². The topological polar surface area (TPSA) is 119 Å². The Hall–Kier alpha value is -3.49. The van der Waals surface area contributed by atoms with E-state index < -0.39 is 17.8 Å². The summed E-state index contributed by atoms with van der Waals surface area (Å²) in [6.45, 7) is 10.3. The minimum Gasteiger partial charge on any atom is -0.491 e. The third-order valence-electron chi connectivity index (χ3n) is 4.78. The average Bonchev–Trinajstić information content (AvgIpc) is 2.69. The first-order chi connectivity index (χ1) is 15.5. The van der Waals surface area contributed by atoms with Crippen molar-refractivity contribution in [2.24, 2.45) is 5.92 Å². The Labute approximate surface area is 193 Å². The van der Waals surface area contributed by atoms with Crippen molar-refractivity contribution in [1.82, 2.24) is 10.3 Å². The third kappa shape index (κ3) is 7.00. The van der Waals surface area contributed by atoms with E-state index in [1.807, 2.05) is 39.0 Å². The number of amides is 2. The van der Waals surface area contributed by atoms with Gasteiger partial charge in [-0.1, -0.05) is 19.9 Å². The van der Waals surface area contributed by atoms with Crippen molar-refractivity contribution >= 4 is 18.0 Å². The van der Waals surface area contributed by atoms with Crippen LogP contribution in [0.5, 0.6) is 11.5 Å². The van der Waals surface area contributed by atoms with Gasteiger partial charge in [-0.3, -0.25) is 5.32 Å². The van der Waals surface area contributed by atoms with Crippen LogP contribution in [0.3, 0.4) is 0 Å². The number of aromatic nitrogens is 1. The molecule has 0 spiro atoms. The van der Waals surface area contributed by atoms with Crippen LogP contribution in [0.15, 0.2) is 30.5 Å². The van der Waals surface area contributed by atoms with Gasteiger partial charge in [0.05, 0.1) is 12.2 Å². The first-order valence-electron chi connectivity index (χ1n) is 10.9. The minimum absolute atomic E-state index is 0.205. The van der Waals surface area contributed by atoms with Crippen LogP contribution in [0.4, 0.5) is 15.4 Å². The van der Waals surface area contributed by atoms with Gasteiger partial charge in [-0.15, -0.1) is 0 Å². The largest absolute Gasteiger partial charge is 0.491 e. The van der Waals surface area contributed by atoms with Gasteiger partial charge in [0.25, 0.3) is 0 Å². The number of hydrogen-bond acceptors (Lipinski definition) is 6. The first-order valence-corrected chi connectivity index (χ1v) is 10.9. The molecule has 9 heteroatoms. The summed E-state index contributed by atoms with van der Waals surface area (Å²) in [7, 11) is 0. The molecule has 0 radical (unpaired) electrons. The number of pyridine rings is 1. The molecule has 33 heavy (non-hydrogen) atoms. The predicted molar refractivity (Wildman–Crippen MR) is 124 cm³/mol. The monoisotopic (exact) mass is 457 g/mol. The summed E-state index contributed by atoms with van der Waals surface area (Å²) in [5.41, 5.74) is 2.01. The number of carbonyl (C=O) groups excluding carboxylic acids is 1. The predicted octanol–water partition coefficient (Wildman–Crippen LogP) is 5.05. The number of anilines is 1. The van der Waals surface area contributed by atoms with Gasteiger partial charge >= 0.3 is 12.2 Å². The number of benzene rings is 1. The number of ether oxygens (including phenoxy) is 3. The summed E-state index contributed by atoms with van der Waals surface area (Å²) in [6.07, 6.45) is 0.602. The number of hydrogen-bond donors (Lipinski definition) is 3. The van der Waals surface area contributed by atoms with Crippen LogP contribution >= 0.6 is 0 Å². The lowest BCUT2D eigenvalue weighted by Crippen LogP contribution is -2.42. The molecule has 1 aromatic heterocycles. The Balaban J connectivity index is 1.71. The molecule has 1 aliphatic rings. The number of carboxylic acid groups (broad SMARTS) is 1. The van der Waals surface area contributed by atoms with E-state index in [0.29, 0.717) is 30.6 Å². The van der Waals surface area contributed by atoms with Gasteiger partial charge < -0.3 is 24.6 Å². The van der Waals surface area contributed by atoms with Crippen LogP contribution in [0.2, 0.25) is 0 Å². The lowest BCUT2D eigenvalue weighted by molar-refractivity contribution is 0.0480. The highest BCUT2D eigenvalue weighted by atomic mass is 16.6. The van der Waals surface area contributed by atoms with Gasteiger partial charge in [-0.05, 0) is 56.9 Å². The standard InChI is InChI=1S/C24H31N3O6/c1-14(2)8-16(26-23(30)33-24(3,4)5)13-31-17-6-7-18-15(9-17)12-32-20-11-25-21(10-19(18)20)27-22(28)29/h6-7,9-11,14,16H,8,12-13H2,1-5H3,(H,25,27)(H,26,30)(H,28,29). The zero-order chi connectivity index (χ0) is 24.2.